The first kappa shape index (κ1) is 21.0. The highest BCUT2D eigenvalue weighted by Gasteiger charge is 2.40. The molecule has 7 aromatic carbocycles. The van der Waals surface area contributed by atoms with Gasteiger partial charge >= 0.3 is 0 Å². The first-order valence-electron chi connectivity index (χ1n) is 13.4. The topological polar surface area (TPSA) is 18.5 Å². The zero-order valence-corrected chi connectivity index (χ0v) is 21.0. The Morgan fingerprint density at radius 2 is 0.821 bits per heavy atom. The van der Waals surface area contributed by atoms with E-state index in [9.17, 15) is 0 Å². The van der Waals surface area contributed by atoms with E-state index in [0.717, 1.165) is 39.6 Å². The SMILES string of the molecule is c1ccc2c(c1)Oc1cc(-c3ccc4c5ccccc5c5ccccc5c4c3)cc3c1B2c1ccccc1O3. The molecule has 9 rings (SSSR count). The van der Waals surface area contributed by atoms with E-state index in [1.807, 2.05) is 12.1 Å². The third-order valence-corrected chi connectivity index (χ3v) is 8.37. The van der Waals surface area contributed by atoms with Crippen molar-refractivity contribution in [2.24, 2.45) is 0 Å². The van der Waals surface area contributed by atoms with Crippen LogP contribution in [0.3, 0.4) is 0 Å². The van der Waals surface area contributed by atoms with E-state index in [0.29, 0.717) is 0 Å². The van der Waals surface area contributed by atoms with Gasteiger partial charge in [-0.2, -0.15) is 0 Å². The Morgan fingerprint density at radius 1 is 0.359 bits per heavy atom. The summed E-state index contributed by atoms with van der Waals surface area (Å²) in [6.45, 7) is 0.0888. The van der Waals surface area contributed by atoms with Gasteiger partial charge in [0.25, 0.3) is 6.71 Å². The van der Waals surface area contributed by atoms with Gasteiger partial charge in [-0.15, -0.1) is 0 Å². The molecule has 180 valence electrons. The molecular weight excluding hydrogens is 475 g/mol. The summed E-state index contributed by atoms with van der Waals surface area (Å²) in [5, 5.41) is 7.63. The van der Waals surface area contributed by atoms with Gasteiger partial charge in [0.1, 0.15) is 23.0 Å². The van der Waals surface area contributed by atoms with Crippen molar-refractivity contribution in [3.8, 4) is 34.1 Å². The molecule has 0 bridgehead atoms. The Labute approximate surface area is 226 Å². The molecule has 3 heteroatoms. The van der Waals surface area contributed by atoms with Crippen molar-refractivity contribution in [1.29, 1.82) is 0 Å². The van der Waals surface area contributed by atoms with Gasteiger partial charge in [-0.1, -0.05) is 97.1 Å². The van der Waals surface area contributed by atoms with Crippen LogP contribution >= 0.6 is 0 Å². The zero-order valence-electron chi connectivity index (χ0n) is 21.0. The summed E-state index contributed by atoms with van der Waals surface area (Å²) in [6.07, 6.45) is 0. The van der Waals surface area contributed by atoms with Crippen molar-refractivity contribution in [2.75, 3.05) is 0 Å². The van der Waals surface area contributed by atoms with Crippen molar-refractivity contribution in [3.05, 3.63) is 127 Å². The van der Waals surface area contributed by atoms with Crippen molar-refractivity contribution >= 4 is 55.4 Å². The summed E-state index contributed by atoms with van der Waals surface area (Å²) in [5.41, 5.74) is 5.69. The van der Waals surface area contributed by atoms with E-state index < -0.39 is 0 Å². The third kappa shape index (κ3) is 2.93. The molecule has 0 saturated heterocycles. The van der Waals surface area contributed by atoms with Gasteiger partial charge in [0.15, 0.2) is 0 Å². The van der Waals surface area contributed by atoms with E-state index in [-0.39, 0.29) is 6.71 Å². The second-order valence-corrected chi connectivity index (χ2v) is 10.5. The van der Waals surface area contributed by atoms with Crippen LogP contribution in [-0.2, 0) is 0 Å². The lowest BCUT2D eigenvalue weighted by Crippen LogP contribution is -2.57. The molecule has 0 saturated carbocycles. The number of hydrogen-bond donors (Lipinski definition) is 0. The average Bonchev–Trinajstić information content (AvgIpc) is 3.00. The molecule has 7 aromatic rings. The normalized spacial score (nSPS) is 13.0. The molecule has 0 unspecified atom stereocenters. The molecule has 39 heavy (non-hydrogen) atoms. The fraction of sp³-hybridized carbons (Fsp3) is 0. The number of ether oxygens (including phenoxy) is 2. The lowest BCUT2D eigenvalue weighted by molar-refractivity contribution is 0.465. The molecule has 2 nitrogen and oxygen atoms in total. The van der Waals surface area contributed by atoms with Crippen LogP contribution in [0, 0.1) is 0 Å². The summed E-state index contributed by atoms with van der Waals surface area (Å²) < 4.78 is 13.1. The first-order chi connectivity index (χ1) is 19.3. The molecule has 0 amide bonds. The molecule has 2 heterocycles. The molecule has 0 radical (unpaired) electrons. The highest BCUT2D eigenvalue weighted by molar-refractivity contribution is 6.98. The number of fused-ring (bicyclic) bond motifs is 10. The van der Waals surface area contributed by atoms with E-state index in [4.69, 9.17) is 9.47 Å². The van der Waals surface area contributed by atoms with Gasteiger partial charge in [0, 0.05) is 5.46 Å². The van der Waals surface area contributed by atoms with Crippen LogP contribution in [0.2, 0.25) is 0 Å². The fourth-order valence-electron chi connectivity index (χ4n) is 6.65. The molecule has 0 fully saturated rings. The smallest absolute Gasteiger partial charge is 0.260 e. The van der Waals surface area contributed by atoms with E-state index >= 15 is 0 Å². The molecule has 2 aliphatic rings. The Morgan fingerprint density at radius 3 is 1.38 bits per heavy atom. The average molecular weight is 496 g/mol. The van der Waals surface area contributed by atoms with Gasteiger partial charge in [-0.05, 0) is 84.7 Å². The van der Waals surface area contributed by atoms with Crippen LogP contribution in [0.25, 0.3) is 43.4 Å². The maximum atomic E-state index is 6.54. The Kier molecular flexibility index (Phi) is 4.17. The zero-order chi connectivity index (χ0) is 25.5. The quantitative estimate of drug-likeness (QED) is 0.173. The predicted octanol–water partition coefficient (Wildman–Crippen LogP) is 7.54. The third-order valence-electron chi connectivity index (χ3n) is 8.37. The van der Waals surface area contributed by atoms with Crippen LogP contribution < -0.4 is 25.9 Å². The first-order valence-corrected chi connectivity index (χ1v) is 13.4. The second-order valence-electron chi connectivity index (χ2n) is 10.5. The molecule has 0 spiro atoms. The van der Waals surface area contributed by atoms with Crippen molar-refractivity contribution < 1.29 is 9.47 Å². The highest BCUT2D eigenvalue weighted by Crippen LogP contribution is 2.41. The van der Waals surface area contributed by atoms with Crippen LogP contribution in [0.4, 0.5) is 0 Å². The fourth-order valence-corrected chi connectivity index (χ4v) is 6.65. The second kappa shape index (κ2) is 7.75. The Balaban J connectivity index is 1.30. The molecule has 0 atom stereocenters. The van der Waals surface area contributed by atoms with Gasteiger partial charge in [-0.25, -0.2) is 0 Å². The predicted molar refractivity (Wildman–Crippen MR) is 162 cm³/mol. The Hall–Kier alpha value is -5.02. The monoisotopic (exact) mass is 496 g/mol. The van der Waals surface area contributed by atoms with Crippen LogP contribution in [-0.4, -0.2) is 6.71 Å². The van der Waals surface area contributed by atoms with E-state index in [1.165, 1.54) is 43.2 Å². The van der Waals surface area contributed by atoms with Gasteiger partial charge in [0.2, 0.25) is 0 Å². The minimum absolute atomic E-state index is 0.0888. The summed E-state index contributed by atoms with van der Waals surface area (Å²) in [4.78, 5) is 0. The van der Waals surface area contributed by atoms with Crippen molar-refractivity contribution in [1.82, 2.24) is 0 Å². The summed E-state index contributed by atoms with van der Waals surface area (Å²) in [7, 11) is 0. The highest BCUT2D eigenvalue weighted by atomic mass is 16.5. The lowest BCUT2D eigenvalue weighted by Gasteiger charge is -2.33. The largest absolute Gasteiger partial charge is 0.458 e. The minimum Gasteiger partial charge on any atom is -0.458 e. The minimum atomic E-state index is 0.0888. The van der Waals surface area contributed by atoms with E-state index in [2.05, 4.69) is 115 Å². The number of hydrogen-bond acceptors (Lipinski definition) is 2. The lowest BCUT2D eigenvalue weighted by atomic mass is 9.35. The number of para-hydroxylation sites is 2. The van der Waals surface area contributed by atoms with E-state index in [1.54, 1.807) is 0 Å². The van der Waals surface area contributed by atoms with Gasteiger partial charge in [-0.3, -0.25) is 0 Å². The van der Waals surface area contributed by atoms with Crippen molar-refractivity contribution in [3.63, 3.8) is 0 Å². The van der Waals surface area contributed by atoms with Crippen molar-refractivity contribution in [2.45, 2.75) is 0 Å². The summed E-state index contributed by atoms with van der Waals surface area (Å²) in [6, 6.07) is 45.3. The number of benzene rings is 7. The maximum absolute atomic E-state index is 6.54. The molecule has 0 aliphatic carbocycles. The molecule has 2 aliphatic heterocycles. The van der Waals surface area contributed by atoms with Crippen LogP contribution in [0.5, 0.6) is 23.0 Å². The summed E-state index contributed by atoms with van der Waals surface area (Å²) in [5.74, 6) is 3.55. The van der Waals surface area contributed by atoms with Gasteiger partial charge in [0.05, 0.1) is 0 Å². The van der Waals surface area contributed by atoms with Crippen LogP contribution in [0.1, 0.15) is 0 Å². The standard InChI is InChI=1S/C36H21BO2/c1-2-11-26-24(9-1)25-10-3-4-12-27(25)29-19-22(17-18-28(26)29)23-20-34-36-35(21-23)39-33-16-8-6-14-31(33)37(36)30-13-5-7-15-32(30)38-34/h1-21H. The van der Waals surface area contributed by atoms with Crippen LogP contribution in [0.15, 0.2) is 127 Å². The number of rotatable bonds is 1. The molecular formula is C36H21BO2. The maximum Gasteiger partial charge on any atom is 0.260 e. The Bertz CT molecular complexity index is 2040. The molecule has 0 aromatic heterocycles. The van der Waals surface area contributed by atoms with Gasteiger partial charge < -0.3 is 9.47 Å². The molecule has 0 N–H and O–H groups in total. The summed E-state index contributed by atoms with van der Waals surface area (Å²) >= 11 is 0.